The number of para-hydroxylation sites is 1. The van der Waals surface area contributed by atoms with Crippen LogP contribution in [0.4, 0.5) is 9.52 Å². The molecule has 7 heteroatoms. The number of aromatic nitrogens is 1. The van der Waals surface area contributed by atoms with Crippen LogP contribution in [0, 0.1) is 11.7 Å². The topological polar surface area (TPSA) is 54.5 Å². The number of fused-ring (bicyclic) bond motifs is 1. The number of benzene rings is 1. The van der Waals surface area contributed by atoms with Gasteiger partial charge in [-0.1, -0.05) is 17.4 Å². The van der Waals surface area contributed by atoms with E-state index in [4.69, 9.17) is 0 Å². The lowest BCUT2D eigenvalue weighted by Crippen LogP contribution is -2.53. The number of carbonyl (C=O) groups excluding carboxylic acids is 1. The van der Waals surface area contributed by atoms with Crippen LogP contribution in [0.3, 0.4) is 0 Å². The third-order valence-electron chi connectivity index (χ3n) is 3.08. The summed E-state index contributed by atoms with van der Waals surface area (Å²) >= 11 is 1.43. The lowest BCUT2D eigenvalue weighted by atomic mass is 10.0. The first-order chi connectivity index (χ1) is 9.19. The highest BCUT2D eigenvalue weighted by atomic mass is 32.1. The van der Waals surface area contributed by atoms with E-state index in [0.717, 1.165) is 9.83 Å². The number of halogens is 1. The first-order valence-corrected chi connectivity index (χ1v) is 6.63. The first kappa shape index (κ1) is 12.3. The molecule has 0 radical (unpaired) electrons. The highest BCUT2D eigenvalue weighted by Crippen LogP contribution is 2.33. The number of carbonyl (C=O) groups is 1. The van der Waals surface area contributed by atoms with Gasteiger partial charge in [0.25, 0.3) is 0 Å². The summed E-state index contributed by atoms with van der Waals surface area (Å²) in [6.45, 7) is 1.16. The van der Waals surface area contributed by atoms with E-state index >= 15 is 0 Å². The smallest absolute Gasteiger partial charge is 0.250 e. The molecule has 0 spiro atoms. The molecule has 1 aliphatic rings. The van der Waals surface area contributed by atoms with Gasteiger partial charge in [-0.05, 0) is 12.1 Å². The van der Waals surface area contributed by atoms with Crippen molar-refractivity contribution in [3.8, 4) is 0 Å². The molecule has 0 bridgehead atoms. The molecule has 19 heavy (non-hydrogen) atoms. The SMILES string of the molecule is CONC(=O)C1CN(c2nc3c(F)cccc3s2)C1. The molecule has 5 nitrogen and oxygen atoms in total. The molecule has 0 aliphatic carbocycles. The van der Waals surface area contributed by atoms with Crippen LogP contribution in [0.2, 0.25) is 0 Å². The minimum atomic E-state index is -0.311. The van der Waals surface area contributed by atoms with Crippen LogP contribution in [0.5, 0.6) is 0 Å². The van der Waals surface area contributed by atoms with Crippen molar-refractivity contribution >= 4 is 32.6 Å². The largest absolute Gasteiger partial charge is 0.346 e. The van der Waals surface area contributed by atoms with Crippen LogP contribution in [-0.4, -0.2) is 31.1 Å². The molecule has 1 fully saturated rings. The summed E-state index contributed by atoms with van der Waals surface area (Å²) in [5, 5.41) is 0.751. The van der Waals surface area contributed by atoms with Crippen LogP contribution < -0.4 is 10.4 Å². The molecular weight excluding hydrogens is 269 g/mol. The summed E-state index contributed by atoms with van der Waals surface area (Å²) in [4.78, 5) is 22.3. The quantitative estimate of drug-likeness (QED) is 0.867. The van der Waals surface area contributed by atoms with E-state index in [1.807, 2.05) is 11.0 Å². The van der Waals surface area contributed by atoms with Gasteiger partial charge in [0.1, 0.15) is 11.3 Å². The Kier molecular flexibility index (Phi) is 3.08. The second kappa shape index (κ2) is 4.75. The van der Waals surface area contributed by atoms with Crippen LogP contribution in [-0.2, 0) is 9.63 Å². The van der Waals surface area contributed by atoms with Crippen LogP contribution in [0.15, 0.2) is 18.2 Å². The van der Waals surface area contributed by atoms with E-state index in [1.54, 1.807) is 6.07 Å². The molecule has 0 atom stereocenters. The second-order valence-electron chi connectivity index (χ2n) is 4.36. The number of hydrogen-bond acceptors (Lipinski definition) is 5. The third kappa shape index (κ3) is 2.15. The number of nitrogens with one attached hydrogen (secondary N) is 1. The Labute approximate surface area is 112 Å². The molecule has 1 aromatic heterocycles. The van der Waals surface area contributed by atoms with Gasteiger partial charge in [0.2, 0.25) is 5.91 Å². The first-order valence-electron chi connectivity index (χ1n) is 5.82. The Morgan fingerprint density at radius 1 is 1.58 bits per heavy atom. The van der Waals surface area contributed by atoms with E-state index in [-0.39, 0.29) is 17.6 Å². The lowest BCUT2D eigenvalue weighted by Gasteiger charge is -2.37. The average molecular weight is 281 g/mol. The van der Waals surface area contributed by atoms with Gasteiger partial charge in [0.15, 0.2) is 5.13 Å². The maximum atomic E-state index is 13.5. The van der Waals surface area contributed by atoms with Crippen molar-refractivity contribution in [1.82, 2.24) is 10.5 Å². The Hall–Kier alpha value is -1.73. The summed E-state index contributed by atoms with van der Waals surface area (Å²) < 4.78 is 14.4. The summed E-state index contributed by atoms with van der Waals surface area (Å²) in [7, 11) is 1.41. The number of nitrogens with zero attached hydrogens (tertiary/aromatic N) is 2. The fourth-order valence-electron chi connectivity index (χ4n) is 2.02. The molecule has 1 aromatic carbocycles. The number of hydrogen-bond donors (Lipinski definition) is 1. The predicted molar refractivity (Wildman–Crippen MR) is 70.4 cm³/mol. The summed E-state index contributed by atoms with van der Waals surface area (Å²) in [5.41, 5.74) is 2.71. The summed E-state index contributed by atoms with van der Waals surface area (Å²) in [6.07, 6.45) is 0. The molecule has 3 rings (SSSR count). The molecule has 1 saturated heterocycles. The van der Waals surface area contributed by atoms with Gasteiger partial charge in [-0.2, -0.15) is 0 Å². The van der Waals surface area contributed by atoms with Crippen LogP contribution >= 0.6 is 11.3 Å². The van der Waals surface area contributed by atoms with Crippen molar-refractivity contribution < 1.29 is 14.0 Å². The number of rotatable bonds is 3. The van der Waals surface area contributed by atoms with E-state index in [9.17, 15) is 9.18 Å². The fraction of sp³-hybridized carbons (Fsp3) is 0.333. The minimum Gasteiger partial charge on any atom is -0.346 e. The molecule has 0 saturated carbocycles. The number of hydroxylamine groups is 1. The van der Waals surface area contributed by atoms with Crippen molar-refractivity contribution in [3.05, 3.63) is 24.0 Å². The minimum absolute atomic E-state index is 0.100. The van der Waals surface area contributed by atoms with E-state index in [0.29, 0.717) is 18.6 Å². The molecule has 2 heterocycles. The normalized spacial score (nSPS) is 15.6. The molecule has 0 unspecified atom stereocenters. The standard InChI is InChI=1S/C12H12FN3O2S/c1-18-15-11(17)7-5-16(6-7)12-14-10-8(13)3-2-4-9(10)19-12/h2-4,7H,5-6H2,1H3,(H,15,17). The predicted octanol–water partition coefficient (Wildman–Crippen LogP) is 1.55. The van der Waals surface area contributed by atoms with Gasteiger partial charge in [0.05, 0.1) is 17.7 Å². The number of amides is 1. The Bertz CT molecular complexity index is 624. The molecule has 2 aromatic rings. The Morgan fingerprint density at radius 2 is 2.37 bits per heavy atom. The molecule has 1 amide bonds. The van der Waals surface area contributed by atoms with E-state index in [2.05, 4.69) is 15.3 Å². The molecule has 1 aliphatic heterocycles. The van der Waals surface area contributed by atoms with E-state index < -0.39 is 0 Å². The monoisotopic (exact) mass is 281 g/mol. The van der Waals surface area contributed by atoms with Crippen molar-refractivity contribution in [2.24, 2.45) is 5.92 Å². The van der Waals surface area contributed by atoms with E-state index in [1.165, 1.54) is 24.5 Å². The van der Waals surface area contributed by atoms with Crippen molar-refractivity contribution in [1.29, 1.82) is 0 Å². The zero-order chi connectivity index (χ0) is 13.4. The van der Waals surface area contributed by atoms with Crippen LogP contribution in [0.1, 0.15) is 0 Å². The maximum Gasteiger partial charge on any atom is 0.250 e. The number of thiazole rings is 1. The zero-order valence-corrected chi connectivity index (χ0v) is 11.0. The highest BCUT2D eigenvalue weighted by Gasteiger charge is 2.34. The van der Waals surface area contributed by atoms with Gasteiger partial charge < -0.3 is 4.90 Å². The molecule has 1 N–H and O–H groups in total. The van der Waals surface area contributed by atoms with Gasteiger partial charge in [-0.15, -0.1) is 0 Å². The summed E-state index contributed by atoms with van der Waals surface area (Å²) in [6, 6.07) is 4.91. The second-order valence-corrected chi connectivity index (χ2v) is 5.36. The Balaban J connectivity index is 1.74. The Morgan fingerprint density at radius 3 is 3.05 bits per heavy atom. The molecular formula is C12H12FN3O2S. The number of anilines is 1. The van der Waals surface area contributed by atoms with Crippen molar-refractivity contribution in [3.63, 3.8) is 0 Å². The van der Waals surface area contributed by atoms with Gasteiger partial charge >= 0.3 is 0 Å². The molecule has 100 valence electrons. The zero-order valence-electron chi connectivity index (χ0n) is 10.2. The highest BCUT2D eigenvalue weighted by molar-refractivity contribution is 7.22. The van der Waals surface area contributed by atoms with Gasteiger partial charge in [0, 0.05) is 13.1 Å². The summed E-state index contributed by atoms with van der Waals surface area (Å²) in [5.74, 6) is -0.544. The average Bonchev–Trinajstić information content (AvgIpc) is 2.72. The van der Waals surface area contributed by atoms with Crippen molar-refractivity contribution in [2.45, 2.75) is 0 Å². The maximum absolute atomic E-state index is 13.5. The fourth-order valence-corrected chi connectivity index (χ4v) is 3.02. The lowest BCUT2D eigenvalue weighted by molar-refractivity contribution is -0.136. The van der Waals surface area contributed by atoms with Gasteiger partial charge in [-0.25, -0.2) is 14.9 Å². The van der Waals surface area contributed by atoms with Crippen molar-refractivity contribution in [2.75, 3.05) is 25.1 Å². The third-order valence-corrected chi connectivity index (χ3v) is 4.17. The van der Waals surface area contributed by atoms with Crippen LogP contribution in [0.25, 0.3) is 10.2 Å². The van der Waals surface area contributed by atoms with Gasteiger partial charge in [-0.3, -0.25) is 9.63 Å².